The van der Waals surface area contributed by atoms with Gasteiger partial charge in [-0.25, -0.2) is 4.98 Å². The van der Waals surface area contributed by atoms with Gasteiger partial charge >= 0.3 is 6.18 Å². The number of carbonyl (C=O) groups is 1. The van der Waals surface area contributed by atoms with Crippen molar-refractivity contribution in [3.63, 3.8) is 0 Å². The molecule has 2 heterocycles. The molecule has 1 aliphatic carbocycles. The zero-order valence-corrected chi connectivity index (χ0v) is 13.7. The van der Waals surface area contributed by atoms with E-state index in [-0.39, 0.29) is 33.7 Å². The lowest BCUT2D eigenvalue weighted by Gasteiger charge is -2.20. The van der Waals surface area contributed by atoms with E-state index < -0.39 is 17.6 Å². The second-order valence-corrected chi connectivity index (χ2v) is 5.93. The highest BCUT2D eigenvalue weighted by Crippen LogP contribution is 2.39. The summed E-state index contributed by atoms with van der Waals surface area (Å²) in [5.41, 5.74) is 11.1. The molecule has 0 saturated carbocycles. The van der Waals surface area contributed by atoms with Crippen LogP contribution in [0.3, 0.4) is 0 Å². The van der Waals surface area contributed by atoms with E-state index in [1.54, 1.807) is 13.0 Å². The number of nitrogen functional groups attached to an aromatic ring is 1. The van der Waals surface area contributed by atoms with Crippen LogP contribution in [0.15, 0.2) is 29.7 Å². The summed E-state index contributed by atoms with van der Waals surface area (Å²) < 4.78 is 39.0. The molecule has 1 amide bonds. The van der Waals surface area contributed by atoms with E-state index in [0.717, 1.165) is 6.07 Å². The number of aliphatic hydroxyl groups is 1. The van der Waals surface area contributed by atoms with Crippen molar-refractivity contribution in [3.05, 3.63) is 46.5 Å². The fraction of sp³-hybridized carbons (Fsp3) is 0.235. The molecule has 5 N–H and O–H groups in total. The molecule has 0 bridgehead atoms. The van der Waals surface area contributed by atoms with E-state index in [4.69, 9.17) is 11.5 Å². The number of allylic oxidation sites excluding steroid dienone is 4. The molecule has 2 aromatic heterocycles. The Morgan fingerprint density at radius 1 is 1.35 bits per heavy atom. The van der Waals surface area contributed by atoms with Gasteiger partial charge in [0.2, 0.25) is 0 Å². The molecule has 0 aliphatic heterocycles. The number of primary amides is 1. The highest BCUT2D eigenvalue weighted by Gasteiger charge is 2.32. The normalized spacial score (nSPS) is 15.3. The molecule has 9 heteroatoms. The Bertz CT molecular complexity index is 994. The number of nitrogens with zero attached hydrogens (tertiary/aromatic N) is 2. The van der Waals surface area contributed by atoms with Crippen LogP contribution in [-0.2, 0) is 6.18 Å². The number of amides is 1. The first kappa shape index (κ1) is 17.7. The minimum atomic E-state index is -4.62. The summed E-state index contributed by atoms with van der Waals surface area (Å²) in [5.74, 6) is -0.829. The molecule has 0 unspecified atom stereocenters. The predicted octanol–water partition coefficient (Wildman–Crippen LogP) is 3.34. The molecule has 0 atom stereocenters. The summed E-state index contributed by atoms with van der Waals surface area (Å²) >= 11 is 0. The molecule has 0 radical (unpaired) electrons. The molecule has 6 nitrogen and oxygen atoms in total. The SMILES string of the molecule is CC1=C(O)CCC=C1c1c(N)c(C(N)=O)nc2cc(C(F)(F)F)cnc12. The van der Waals surface area contributed by atoms with Crippen molar-refractivity contribution < 1.29 is 23.1 Å². The van der Waals surface area contributed by atoms with Crippen molar-refractivity contribution in [2.24, 2.45) is 5.73 Å². The van der Waals surface area contributed by atoms with Crippen LogP contribution in [0.5, 0.6) is 0 Å². The molecule has 136 valence electrons. The largest absolute Gasteiger partial charge is 0.512 e. The number of nitrogens with two attached hydrogens (primary N) is 2. The molecule has 3 rings (SSSR count). The van der Waals surface area contributed by atoms with Crippen LogP contribution < -0.4 is 11.5 Å². The lowest BCUT2D eigenvalue weighted by atomic mass is 9.89. The number of halogens is 3. The van der Waals surface area contributed by atoms with Crippen LogP contribution in [0.4, 0.5) is 18.9 Å². The zero-order chi connectivity index (χ0) is 19.2. The number of fused-ring (bicyclic) bond motifs is 1. The van der Waals surface area contributed by atoms with Gasteiger partial charge in [0.15, 0.2) is 5.69 Å². The predicted molar refractivity (Wildman–Crippen MR) is 90.0 cm³/mol. The van der Waals surface area contributed by atoms with E-state index in [2.05, 4.69) is 9.97 Å². The first-order chi connectivity index (χ1) is 12.1. The van der Waals surface area contributed by atoms with Crippen molar-refractivity contribution in [2.75, 3.05) is 5.73 Å². The number of aliphatic hydroxyl groups excluding tert-OH is 1. The molecular formula is C17H15F3N4O2. The number of hydrogen-bond donors (Lipinski definition) is 3. The number of pyridine rings is 2. The van der Waals surface area contributed by atoms with E-state index in [1.807, 2.05) is 0 Å². The molecule has 0 saturated heterocycles. The number of anilines is 1. The third-order valence-electron chi connectivity index (χ3n) is 4.26. The van der Waals surface area contributed by atoms with Crippen molar-refractivity contribution in [2.45, 2.75) is 25.9 Å². The van der Waals surface area contributed by atoms with Crippen LogP contribution in [-0.4, -0.2) is 21.0 Å². The van der Waals surface area contributed by atoms with E-state index in [0.29, 0.717) is 30.2 Å². The second-order valence-electron chi connectivity index (χ2n) is 5.93. The van der Waals surface area contributed by atoms with Gasteiger partial charge in [0.25, 0.3) is 5.91 Å². The summed E-state index contributed by atoms with van der Waals surface area (Å²) in [6, 6.07) is 0.792. The average molecular weight is 364 g/mol. The van der Waals surface area contributed by atoms with Crippen LogP contribution in [0.1, 0.15) is 41.4 Å². The number of carbonyl (C=O) groups excluding carboxylic acids is 1. The monoisotopic (exact) mass is 364 g/mol. The third kappa shape index (κ3) is 2.85. The summed E-state index contributed by atoms with van der Waals surface area (Å²) in [5, 5.41) is 10.0. The molecule has 0 fully saturated rings. The smallest absolute Gasteiger partial charge is 0.417 e. The quantitative estimate of drug-likeness (QED) is 0.756. The highest BCUT2D eigenvalue weighted by molar-refractivity contribution is 6.06. The number of hydrogen-bond acceptors (Lipinski definition) is 5. The third-order valence-corrected chi connectivity index (χ3v) is 4.26. The fourth-order valence-corrected chi connectivity index (χ4v) is 2.91. The summed E-state index contributed by atoms with van der Waals surface area (Å²) in [6.07, 6.45) is -1.21. The van der Waals surface area contributed by atoms with Gasteiger partial charge in [-0.15, -0.1) is 0 Å². The maximum Gasteiger partial charge on any atom is 0.417 e. The Morgan fingerprint density at radius 3 is 2.65 bits per heavy atom. The van der Waals surface area contributed by atoms with Crippen molar-refractivity contribution >= 4 is 28.2 Å². The summed E-state index contributed by atoms with van der Waals surface area (Å²) in [7, 11) is 0. The van der Waals surface area contributed by atoms with Crippen molar-refractivity contribution in [3.8, 4) is 0 Å². The summed E-state index contributed by atoms with van der Waals surface area (Å²) in [6.45, 7) is 1.65. The first-order valence-corrected chi connectivity index (χ1v) is 7.67. The van der Waals surface area contributed by atoms with Gasteiger partial charge < -0.3 is 16.6 Å². The van der Waals surface area contributed by atoms with Crippen LogP contribution >= 0.6 is 0 Å². The topological polar surface area (TPSA) is 115 Å². The number of alkyl halides is 3. The fourth-order valence-electron chi connectivity index (χ4n) is 2.91. The molecule has 26 heavy (non-hydrogen) atoms. The maximum atomic E-state index is 13.0. The standard InChI is InChI=1S/C17H15F3N4O2/c1-7-9(3-2-4-11(7)25)12-13(21)15(16(22)26)24-10-5-8(17(18,19)20)6-23-14(10)12/h3,5-6,25H,2,4,21H2,1H3,(H2,22,26). The second kappa shape index (κ2) is 6.01. The van der Waals surface area contributed by atoms with Gasteiger partial charge in [0, 0.05) is 18.2 Å². The maximum absolute atomic E-state index is 13.0. The first-order valence-electron chi connectivity index (χ1n) is 7.67. The van der Waals surface area contributed by atoms with Gasteiger partial charge in [0.05, 0.1) is 28.0 Å². The number of aromatic nitrogens is 2. The van der Waals surface area contributed by atoms with Crippen molar-refractivity contribution in [1.82, 2.24) is 9.97 Å². The van der Waals surface area contributed by atoms with Gasteiger partial charge in [-0.3, -0.25) is 9.78 Å². The minimum absolute atomic E-state index is 0.0856. The Morgan fingerprint density at radius 2 is 2.04 bits per heavy atom. The van der Waals surface area contributed by atoms with Crippen LogP contribution in [0.2, 0.25) is 0 Å². The number of rotatable bonds is 2. The van der Waals surface area contributed by atoms with Crippen LogP contribution in [0.25, 0.3) is 16.6 Å². The van der Waals surface area contributed by atoms with Crippen molar-refractivity contribution in [1.29, 1.82) is 0 Å². The molecule has 1 aliphatic rings. The Labute approximate surface area is 146 Å². The lowest BCUT2D eigenvalue weighted by molar-refractivity contribution is -0.137. The minimum Gasteiger partial charge on any atom is -0.512 e. The molecule has 0 aromatic carbocycles. The van der Waals surface area contributed by atoms with Gasteiger partial charge in [-0.05, 0) is 30.6 Å². The van der Waals surface area contributed by atoms with Crippen LogP contribution in [0, 0.1) is 0 Å². The van der Waals surface area contributed by atoms with E-state index in [1.165, 1.54) is 0 Å². The van der Waals surface area contributed by atoms with Gasteiger partial charge in [-0.2, -0.15) is 13.2 Å². The Balaban J connectivity index is 2.39. The molecular weight excluding hydrogens is 349 g/mol. The highest BCUT2D eigenvalue weighted by atomic mass is 19.4. The average Bonchev–Trinajstić information content (AvgIpc) is 2.56. The molecule has 2 aromatic rings. The Hall–Kier alpha value is -3.10. The molecule has 0 spiro atoms. The van der Waals surface area contributed by atoms with Gasteiger partial charge in [0.1, 0.15) is 0 Å². The zero-order valence-electron chi connectivity index (χ0n) is 13.7. The van der Waals surface area contributed by atoms with E-state index in [9.17, 15) is 23.1 Å². The summed E-state index contributed by atoms with van der Waals surface area (Å²) in [4.78, 5) is 19.4. The Kier molecular flexibility index (Phi) is 4.09. The van der Waals surface area contributed by atoms with Gasteiger partial charge in [-0.1, -0.05) is 6.08 Å². The van der Waals surface area contributed by atoms with E-state index >= 15 is 0 Å². The lowest BCUT2D eigenvalue weighted by Crippen LogP contribution is -2.18.